The largest absolute Gasteiger partial charge is 0.461 e. The molecule has 0 atom stereocenters. The molecule has 19 heavy (non-hydrogen) atoms. The van der Waals surface area contributed by atoms with Crippen molar-refractivity contribution in [2.24, 2.45) is 0 Å². The molecule has 0 aliphatic heterocycles. The Balaban J connectivity index is 1.92. The van der Waals surface area contributed by atoms with Crippen molar-refractivity contribution in [1.82, 2.24) is 5.32 Å². The molecule has 1 N–H and O–H groups in total. The zero-order valence-electron chi connectivity index (χ0n) is 10.6. The van der Waals surface area contributed by atoms with Crippen molar-refractivity contribution in [1.29, 1.82) is 0 Å². The maximum absolute atomic E-state index is 11.4. The molecule has 0 fully saturated rings. The van der Waals surface area contributed by atoms with Crippen LogP contribution in [0.4, 0.5) is 0 Å². The highest BCUT2D eigenvalue weighted by molar-refractivity contribution is 5.76. The second-order valence-corrected chi connectivity index (χ2v) is 4.11. The maximum Gasteiger partial charge on any atom is 0.221 e. The number of rotatable bonds is 5. The van der Waals surface area contributed by atoms with Gasteiger partial charge in [-0.2, -0.15) is 0 Å². The topological polar surface area (TPSA) is 42.2 Å². The van der Waals surface area contributed by atoms with Crippen LogP contribution < -0.4 is 5.32 Å². The third-order valence-electron chi connectivity index (χ3n) is 2.71. The summed E-state index contributed by atoms with van der Waals surface area (Å²) in [4.78, 5) is 11.4. The molecule has 0 unspecified atom stereocenters. The van der Waals surface area contributed by atoms with E-state index in [1.165, 1.54) is 0 Å². The Hall–Kier alpha value is -2.47. The van der Waals surface area contributed by atoms with E-state index in [1.54, 1.807) is 0 Å². The van der Waals surface area contributed by atoms with Crippen LogP contribution in [0.1, 0.15) is 12.2 Å². The van der Waals surface area contributed by atoms with Gasteiger partial charge in [-0.1, -0.05) is 36.3 Å². The molecule has 0 saturated heterocycles. The average molecular weight is 253 g/mol. The Kier molecular flexibility index (Phi) is 4.41. The summed E-state index contributed by atoms with van der Waals surface area (Å²) < 4.78 is 5.70. The molecule has 2 rings (SSSR count). The number of carbonyl (C=O) groups is 1. The number of carbonyl (C=O) groups excluding carboxylic acids is 1. The fourth-order valence-electron chi connectivity index (χ4n) is 1.74. The lowest BCUT2D eigenvalue weighted by molar-refractivity contribution is -0.120. The first-order valence-corrected chi connectivity index (χ1v) is 6.14. The van der Waals surface area contributed by atoms with Crippen molar-refractivity contribution in [3.05, 3.63) is 48.2 Å². The smallest absolute Gasteiger partial charge is 0.221 e. The Morgan fingerprint density at radius 3 is 2.74 bits per heavy atom. The van der Waals surface area contributed by atoms with E-state index in [2.05, 4.69) is 11.2 Å². The average Bonchev–Trinajstić information content (AvgIpc) is 2.93. The van der Waals surface area contributed by atoms with Gasteiger partial charge in [0.25, 0.3) is 0 Å². The molecule has 96 valence electrons. The second-order valence-electron chi connectivity index (χ2n) is 4.11. The Labute approximate surface area is 112 Å². The van der Waals surface area contributed by atoms with Gasteiger partial charge in [-0.3, -0.25) is 4.79 Å². The second kappa shape index (κ2) is 6.46. The fourth-order valence-corrected chi connectivity index (χ4v) is 1.74. The zero-order chi connectivity index (χ0) is 13.5. The highest BCUT2D eigenvalue weighted by Crippen LogP contribution is 2.22. The summed E-state index contributed by atoms with van der Waals surface area (Å²) >= 11 is 0. The molecule has 0 aliphatic carbocycles. The minimum atomic E-state index is -0.0596. The fraction of sp³-hybridized carbons (Fsp3) is 0.188. The molecule has 1 amide bonds. The summed E-state index contributed by atoms with van der Waals surface area (Å²) in [6.07, 6.45) is 6.02. The Bertz CT molecular complexity index is 578. The number of benzene rings is 1. The lowest BCUT2D eigenvalue weighted by Crippen LogP contribution is -2.23. The van der Waals surface area contributed by atoms with Gasteiger partial charge in [-0.25, -0.2) is 0 Å². The van der Waals surface area contributed by atoms with Crippen molar-refractivity contribution < 1.29 is 9.21 Å². The van der Waals surface area contributed by atoms with Crippen LogP contribution >= 0.6 is 0 Å². The van der Waals surface area contributed by atoms with Crippen LogP contribution in [0.2, 0.25) is 0 Å². The molecule has 3 nitrogen and oxygen atoms in total. The molecule has 0 aliphatic rings. The van der Waals surface area contributed by atoms with Crippen LogP contribution in [-0.2, 0) is 11.2 Å². The van der Waals surface area contributed by atoms with Gasteiger partial charge in [0.15, 0.2) is 0 Å². The molecule has 0 radical (unpaired) electrons. The normalized spacial score (nSPS) is 9.84. The third-order valence-corrected chi connectivity index (χ3v) is 2.71. The van der Waals surface area contributed by atoms with Crippen LogP contribution in [0.25, 0.3) is 11.3 Å². The maximum atomic E-state index is 11.4. The van der Waals surface area contributed by atoms with Crippen LogP contribution in [0.15, 0.2) is 46.9 Å². The van der Waals surface area contributed by atoms with Gasteiger partial charge in [0.1, 0.15) is 11.5 Å². The number of terminal acetylenes is 1. The van der Waals surface area contributed by atoms with Crippen molar-refractivity contribution in [2.45, 2.75) is 12.8 Å². The molecular weight excluding hydrogens is 238 g/mol. The first-order valence-electron chi connectivity index (χ1n) is 6.14. The summed E-state index contributed by atoms with van der Waals surface area (Å²) in [6.45, 7) is 0.270. The van der Waals surface area contributed by atoms with Crippen LogP contribution in [0.5, 0.6) is 0 Å². The van der Waals surface area contributed by atoms with Gasteiger partial charge in [0.05, 0.1) is 6.54 Å². The molecule has 3 heteroatoms. The monoisotopic (exact) mass is 253 g/mol. The van der Waals surface area contributed by atoms with Crippen LogP contribution in [-0.4, -0.2) is 12.5 Å². The highest BCUT2D eigenvalue weighted by Gasteiger charge is 2.06. The summed E-state index contributed by atoms with van der Waals surface area (Å²) in [6, 6.07) is 13.7. The predicted molar refractivity (Wildman–Crippen MR) is 74.3 cm³/mol. The van der Waals surface area contributed by atoms with E-state index in [9.17, 15) is 4.79 Å². The highest BCUT2D eigenvalue weighted by atomic mass is 16.3. The number of hydrogen-bond acceptors (Lipinski definition) is 2. The summed E-state index contributed by atoms with van der Waals surface area (Å²) in [5.41, 5.74) is 1.03. The Morgan fingerprint density at radius 2 is 2.00 bits per heavy atom. The zero-order valence-corrected chi connectivity index (χ0v) is 10.6. The first-order chi connectivity index (χ1) is 9.29. The molecule has 0 spiro atoms. The number of furan rings is 1. The van der Waals surface area contributed by atoms with Gasteiger partial charge < -0.3 is 9.73 Å². The number of hydrogen-bond donors (Lipinski definition) is 1. The van der Waals surface area contributed by atoms with Gasteiger partial charge >= 0.3 is 0 Å². The SMILES string of the molecule is C#CCNC(=O)CCc1ccc(-c2ccccc2)o1. The molecule has 1 aromatic heterocycles. The van der Waals surface area contributed by atoms with E-state index in [0.717, 1.165) is 17.1 Å². The third kappa shape index (κ3) is 3.75. The van der Waals surface area contributed by atoms with E-state index in [-0.39, 0.29) is 12.5 Å². The number of amides is 1. The van der Waals surface area contributed by atoms with Crippen molar-refractivity contribution in [2.75, 3.05) is 6.54 Å². The number of nitrogens with one attached hydrogen (secondary N) is 1. The van der Waals surface area contributed by atoms with Gasteiger partial charge in [0, 0.05) is 18.4 Å². The standard InChI is InChI=1S/C16H15NO2/c1-2-12-17-16(18)11-9-14-8-10-15(19-14)13-6-4-3-5-7-13/h1,3-8,10H,9,11-12H2,(H,17,18). The number of aryl methyl sites for hydroxylation is 1. The van der Waals surface area contributed by atoms with E-state index >= 15 is 0 Å². The van der Waals surface area contributed by atoms with Crippen molar-refractivity contribution >= 4 is 5.91 Å². The van der Waals surface area contributed by atoms with Gasteiger partial charge in [-0.15, -0.1) is 6.42 Å². The molecule has 0 bridgehead atoms. The predicted octanol–water partition coefficient (Wildman–Crippen LogP) is 2.63. The van der Waals surface area contributed by atoms with Gasteiger partial charge in [0.2, 0.25) is 5.91 Å². The molecule has 1 heterocycles. The lowest BCUT2D eigenvalue weighted by atomic mass is 10.2. The minimum absolute atomic E-state index is 0.0596. The first kappa shape index (κ1) is 13.0. The van der Waals surface area contributed by atoms with Crippen LogP contribution in [0, 0.1) is 12.3 Å². The van der Waals surface area contributed by atoms with Crippen molar-refractivity contribution in [3.8, 4) is 23.7 Å². The quantitative estimate of drug-likeness (QED) is 0.832. The van der Waals surface area contributed by atoms with E-state index in [0.29, 0.717) is 12.8 Å². The molecule has 0 saturated carbocycles. The minimum Gasteiger partial charge on any atom is -0.461 e. The summed E-state index contributed by atoms with van der Waals surface area (Å²) in [5.74, 6) is 3.93. The van der Waals surface area contributed by atoms with E-state index in [1.807, 2.05) is 42.5 Å². The van der Waals surface area contributed by atoms with Gasteiger partial charge in [-0.05, 0) is 12.1 Å². The Morgan fingerprint density at radius 1 is 1.21 bits per heavy atom. The molecule has 1 aromatic carbocycles. The summed E-state index contributed by atoms with van der Waals surface area (Å²) in [5, 5.41) is 2.62. The summed E-state index contributed by atoms with van der Waals surface area (Å²) in [7, 11) is 0. The molecular formula is C16H15NO2. The molecule has 2 aromatic rings. The lowest BCUT2D eigenvalue weighted by Gasteiger charge is -2.00. The van der Waals surface area contributed by atoms with Crippen molar-refractivity contribution in [3.63, 3.8) is 0 Å². The van der Waals surface area contributed by atoms with Crippen LogP contribution in [0.3, 0.4) is 0 Å². The van der Waals surface area contributed by atoms with E-state index in [4.69, 9.17) is 10.8 Å². The van der Waals surface area contributed by atoms with E-state index < -0.39 is 0 Å².